The number of benzene rings is 3. The molecule has 11 heteroatoms. The van der Waals surface area contributed by atoms with Crippen molar-refractivity contribution in [2.45, 2.75) is 31.7 Å². The molecule has 0 aromatic heterocycles. The molecule has 0 bridgehead atoms. The number of hydrogen-bond donors (Lipinski definition) is 0. The van der Waals surface area contributed by atoms with Crippen molar-refractivity contribution in [3.8, 4) is 11.5 Å². The molecule has 3 aromatic carbocycles. The third kappa shape index (κ3) is 5.57. The van der Waals surface area contributed by atoms with E-state index in [0.717, 1.165) is 29.8 Å². The Balaban J connectivity index is 1.76. The van der Waals surface area contributed by atoms with Crippen LogP contribution in [0.15, 0.2) is 60.7 Å². The summed E-state index contributed by atoms with van der Waals surface area (Å²) in [5.74, 6) is -5.97. The first-order chi connectivity index (χ1) is 15.7. The van der Waals surface area contributed by atoms with Crippen LogP contribution >= 0.6 is 0 Å². The molecule has 0 saturated carbocycles. The van der Waals surface area contributed by atoms with E-state index < -0.39 is 58.2 Å². The molecule has 2 nitrogen and oxygen atoms in total. The summed E-state index contributed by atoms with van der Waals surface area (Å²) in [6.45, 7) is 1.84. The van der Waals surface area contributed by atoms with Crippen LogP contribution in [0.4, 0.5) is 39.5 Å². The molecule has 0 heterocycles. The van der Waals surface area contributed by atoms with Crippen molar-refractivity contribution in [2.75, 3.05) is 0 Å². The summed E-state index contributed by atoms with van der Waals surface area (Å²) < 4.78 is 131. The fraction of sp³-hybridized carbons (Fsp3) is 0.217. The van der Waals surface area contributed by atoms with E-state index in [4.69, 9.17) is 0 Å². The molecule has 0 atom stereocenters. The Labute approximate surface area is 187 Å². The molecule has 0 fully saturated rings. The van der Waals surface area contributed by atoms with E-state index in [1.54, 1.807) is 0 Å². The van der Waals surface area contributed by atoms with Gasteiger partial charge < -0.3 is 9.47 Å². The number of aryl methyl sites for hydroxylation is 1. The molecule has 34 heavy (non-hydrogen) atoms. The van der Waals surface area contributed by atoms with Crippen molar-refractivity contribution in [1.82, 2.24) is 0 Å². The minimum absolute atomic E-state index is 0.0400. The molecule has 0 aliphatic heterocycles. The van der Waals surface area contributed by atoms with Gasteiger partial charge in [-0.05, 0) is 48.4 Å². The second-order valence-corrected chi connectivity index (χ2v) is 7.07. The van der Waals surface area contributed by atoms with Crippen LogP contribution in [0.5, 0.6) is 11.5 Å². The van der Waals surface area contributed by atoms with E-state index in [1.165, 1.54) is 12.1 Å². The average Bonchev–Trinajstić information content (AvgIpc) is 2.72. The Bertz CT molecular complexity index is 1120. The molecule has 3 rings (SSSR count). The number of halogens is 9. The van der Waals surface area contributed by atoms with Crippen LogP contribution in [0.2, 0.25) is 0 Å². The maximum absolute atomic E-state index is 14.4. The number of alkyl halides is 7. The number of rotatable bonds is 7. The van der Waals surface area contributed by atoms with Gasteiger partial charge in [0, 0.05) is 12.1 Å². The Kier molecular flexibility index (Phi) is 6.77. The van der Waals surface area contributed by atoms with Gasteiger partial charge in [-0.3, -0.25) is 0 Å². The van der Waals surface area contributed by atoms with Gasteiger partial charge in [-0.1, -0.05) is 19.1 Å². The highest BCUT2D eigenvalue weighted by Crippen LogP contribution is 2.39. The molecule has 0 unspecified atom stereocenters. The van der Waals surface area contributed by atoms with Crippen molar-refractivity contribution in [3.63, 3.8) is 0 Å². The predicted octanol–water partition coefficient (Wildman–Crippen LogP) is 7.80. The minimum atomic E-state index is -5.38. The van der Waals surface area contributed by atoms with Gasteiger partial charge in [0.05, 0.1) is 11.1 Å². The van der Waals surface area contributed by atoms with Gasteiger partial charge in [-0.25, -0.2) is 8.78 Å². The van der Waals surface area contributed by atoms with Crippen molar-refractivity contribution in [2.24, 2.45) is 0 Å². The fourth-order valence-electron chi connectivity index (χ4n) is 2.94. The molecule has 0 aliphatic carbocycles. The van der Waals surface area contributed by atoms with E-state index in [9.17, 15) is 39.5 Å². The van der Waals surface area contributed by atoms with E-state index in [-0.39, 0.29) is 12.1 Å². The highest BCUT2D eigenvalue weighted by atomic mass is 19.4. The summed E-state index contributed by atoms with van der Waals surface area (Å²) in [5, 5.41) is 0. The molecule has 0 aliphatic rings. The highest BCUT2D eigenvalue weighted by Gasteiger charge is 2.40. The van der Waals surface area contributed by atoms with Crippen LogP contribution in [0.25, 0.3) is 0 Å². The molecule has 0 amide bonds. The van der Waals surface area contributed by atoms with Gasteiger partial charge in [0.15, 0.2) is 0 Å². The van der Waals surface area contributed by atoms with Crippen LogP contribution in [-0.2, 0) is 24.8 Å². The lowest BCUT2D eigenvalue weighted by Gasteiger charge is -2.21. The number of ether oxygens (including phenoxy) is 2. The van der Waals surface area contributed by atoms with E-state index in [0.29, 0.717) is 18.6 Å². The maximum Gasteiger partial charge on any atom is 0.426 e. The van der Waals surface area contributed by atoms with Crippen LogP contribution in [0.1, 0.15) is 29.2 Å². The summed E-state index contributed by atoms with van der Waals surface area (Å²) in [4.78, 5) is 0. The van der Waals surface area contributed by atoms with Crippen molar-refractivity contribution < 1.29 is 49.0 Å². The fourth-order valence-corrected chi connectivity index (χ4v) is 2.94. The third-order valence-electron chi connectivity index (χ3n) is 4.68. The molecule has 0 spiro atoms. The molecule has 0 saturated heterocycles. The molecule has 182 valence electrons. The molecular formula is C23H15F9O2. The van der Waals surface area contributed by atoms with Crippen LogP contribution < -0.4 is 9.47 Å². The normalized spacial score (nSPS) is 12.5. The largest absolute Gasteiger partial charge is 0.429 e. The van der Waals surface area contributed by atoms with E-state index in [1.807, 2.05) is 6.92 Å². The predicted molar refractivity (Wildman–Crippen MR) is 103 cm³/mol. The van der Waals surface area contributed by atoms with Gasteiger partial charge in [0.25, 0.3) is 0 Å². The first-order valence-corrected chi connectivity index (χ1v) is 9.63. The van der Waals surface area contributed by atoms with E-state index >= 15 is 0 Å². The zero-order valence-electron chi connectivity index (χ0n) is 17.2. The molecular weight excluding hydrogens is 479 g/mol. The van der Waals surface area contributed by atoms with E-state index in [2.05, 4.69) is 9.47 Å². The zero-order valence-corrected chi connectivity index (χ0v) is 17.2. The lowest BCUT2D eigenvalue weighted by molar-refractivity contribution is -0.187. The van der Waals surface area contributed by atoms with Crippen LogP contribution in [-0.4, -0.2) is 0 Å². The van der Waals surface area contributed by atoms with Crippen LogP contribution in [0.3, 0.4) is 0 Å². The molecule has 0 radical (unpaired) electrons. The topological polar surface area (TPSA) is 18.5 Å². The lowest BCUT2D eigenvalue weighted by Crippen LogP contribution is -2.23. The standard InChI is InChI=1S/C23H15F9O2/c1-2-13-3-5-14(6-4-13)22(29,30)33-16-9-7-15(8-10-16)23(31,32)34-17-11-18(24)20(19(25)12-17)21(26,27)28/h3-12H,2H2,1H3. The van der Waals surface area contributed by atoms with Gasteiger partial charge in [-0.15, -0.1) is 0 Å². The van der Waals surface area contributed by atoms with Gasteiger partial charge >= 0.3 is 18.4 Å². The maximum atomic E-state index is 14.4. The second kappa shape index (κ2) is 9.11. The monoisotopic (exact) mass is 494 g/mol. The Morgan fingerprint density at radius 1 is 0.618 bits per heavy atom. The summed E-state index contributed by atoms with van der Waals surface area (Å²) in [6.07, 6.45) is -12.8. The first-order valence-electron chi connectivity index (χ1n) is 9.63. The highest BCUT2D eigenvalue weighted by molar-refractivity contribution is 5.35. The van der Waals surface area contributed by atoms with Gasteiger partial charge in [0.1, 0.15) is 28.7 Å². The Hall–Kier alpha value is -3.37. The van der Waals surface area contributed by atoms with Crippen molar-refractivity contribution in [1.29, 1.82) is 0 Å². The van der Waals surface area contributed by atoms with Gasteiger partial charge in [-0.2, -0.15) is 30.7 Å². The van der Waals surface area contributed by atoms with Crippen molar-refractivity contribution >= 4 is 0 Å². The van der Waals surface area contributed by atoms with Crippen LogP contribution in [0, 0.1) is 11.6 Å². The summed E-state index contributed by atoms with van der Waals surface area (Å²) in [7, 11) is 0. The molecule has 3 aromatic rings. The summed E-state index contributed by atoms with van der Waals surface area (Å²) in [5.41, 5.74) is -2.83. The molecule has 0 N–H and O–H groups in total. The Morgan fingerprint density at radius 2 is 1.03 bits per heavy atom. The Morgan fingerprint density at radius 3 is 1.44 bits per heavy atom. The average molecular weight is 494 g/mol. The van der Waals surface area contributed by atoms with Crippen molar-refractivity contribution in [3.05, 3.63) is 94.6 Å². The quantitative estimate of drug-likeness (QED) is 0.312. The lowest BCUT2D eigenvalue weighted by atomic mass is 10.1. The summed E-state index contributed by atoms with van der Waals surface area (Å²) >= 11 is 0. The second-order valence-electron chi connectivity index (χ2n) is 7.07. The summed E-state index contributed by atoms with van der Waals surface area (Å²) in [6, 6.07) is 8.10. The first kappa shape index (κ1) is 25.3. The number of hydrogen-bond acceptors (Lipinski definition) is 2. The SMILES string of the molecule is CCc1ccc(C(F)(F)Oc2ccc(C(F)(F)Oc3cc(F)c(C(F)(F)F)c(F)c3)cc2)cc1. The smallest absolute Gasteiger partial charge is 0.426 e. The third-order valence-corrected chi connectivity index (χ3v) is 4.68. The minimum Gasteiger partial charge on any atom is -0.429 e. The van der Waals surface area contributed by atoms with Gasteiger partial charge in [0.2, 0.25) is 0 Å². The zero-order chi connectivity index (χ0) is 25.3.